The topological polar surface area (TPSA) is 79.5 Å². The number of hydrogen-bond acceptors (Lipinski definition) is 4. The van der Waals surface area contributed by atoms with Crippen LogP contribution in [0.5, 0.6) is 0 Å². The number of nitrogens with zero attached hydrogens (tertiary/aromatic N) is 1. The van der Waals surface area contributed by atoms with Gasteiger partial charge in [-0.3, -0.25) is 4.99 Å². The first-order valence-electron chi connectivity index (χ1n) is 6.38. The van der Waals surface area contributed by atoms with E-state index in [1.807, 2.05) is 24.3 Å². The smallest absolute Gasteiger partial charge is 0.143 e. The van der Waals surface area contributed by atoms with E-state index in [0.29, 0.717) is 13.1 Å². The molecular weight excluding hydrogens is 240 g/mol. The fourth-order valence-electron chi connectivity index (χ4n) is 1.86. The van der Waals surface area contributed by atoms with Crippen LogP contribution in [0.15, 0.2) is 29.3 Å². The zero-order chi connectivity index (χ0) is 13.9. The third kappa shape index (κ3) is 3.00. The number of aliphatic imine (C=N–C) groups is 1. The van der Waals surface area contributed by atoms with Crippen molar-refractivity contribution in [1.29, 1.82) is 0 Å². The molecule has 0 radical (unpaired) electrons. The zero-order valence-corrected chi connectivity index (χ0v) is 11.3. The summed E-state index contributed by atoms with van der Waals surface area (Å²) in [7, 11) is 0. The summed E-state index contributed by atoms with van der Waals surface area (Å²) in [5, 5.41) is 0. The molecule has 1 aromatic rings. The van der Waals surface area contributed by atoms with E-state index in [2.05, 4.69) is 29.7 Å². The molecule has 5 heteroatoms. The van der Waals surface area contributed by atoms with Gasteiger partial charge in [0, 0.05) is 12.1 Å². The van der Waals surface area contributed by atoms with E-state index in [1.165, 1.54) is 0 Å². The lowest BCUT2D eigenvalue weighted by molar-refractivity contribution is -0.109. The average molecular weight is 260 g/mol. The molecule has 0 aliphatic carbocycles. The molecule has 5 nitrogen and oxygen atoms in total. The highest BCUT2D eigenvalue weighted by molar-refractivity contribution is 6.01. The van der Waals surface area contributed by atoms with E-state index in [-0.39, 0.29) is 11.5 Å². The van der Waals surface area contributed by atoms with Gasteiger partial charge in [-0.2, -0.15) is 0 Å². The molecule has 0 spiro atoms. The standard InChI is InChI=1S/C14H20N4O/c1-14(2,8-15)9-16-13-11-6-4-3-5-10(11)12(7-19)17-18-13/h3-7,12,17H,8-9,15H2,1-2H3,(H,16,18). The van der Waals surface area contributed by atoms with Crippen LogP contribution in [0.25, 0.3) is 0 Å². The summed E-state index contributed by atoms with van der Waals surface area (Å²) in [5.41, 5.74) is 13.5. The van der Waals surface area contributed by atoms with Gasteiger partial charge in [-0.05, 0) is 17.5 Å². The normalized spacial score (nSPS) is 20.8. The number of nitrogens with two attached hydrogens (primary N) is 1. The number of fused-ring (bicyclic) bond motifs is 1. The largest absolute Gasteiger partial charge is 0.330 e. The number of hydrogen-bond donors (Lipinski definition) is 3. The third-order valence-electron chi connectivity index (χ3n) is 3.25. The lowest BCUT2D eigenvalue weighted by Gasteiger charge is -2.27. The van der Waals surface area contributed by atoms with Gasteiger partial charge in [0.05, 0.1) is 0 Å². The second-order valence-electron chi connectivity index (χ2n) is 5.50. The maximum Gasteiger partial charge on any atom is 0.143 e. The van der Waals surface area contributed by atoms with Gasteiger partial charge < -0.3 is 16.0 Å². The fourth-order valence-corrected chi connectivity index (χ4v) is 1.86. The average Bonchev–Trinajstić information content (AvgIpc) is 2.44. The molecule has 0 saturated heterocycles. The van der Waals surface area contributed by atoms with Crippen LogP contribution in [-0.2, 0) is 4.79 Å². The Morgan fingerprint density at radius 1 is 1.42 bits per heavy atom. The molecule has 1 aliphatic heterocycles. The van der Waals surface area contributed by atoms with Crippen molar-refractivity contribution in [2.75, 3.05) is 13.1 Å². The predicted octanol–water partition coefficient (Wildman–Crippen LogP) is 0.766. The van der Waals surface area contributed by atoms with Crippen molar-refractivity contribution in [1.82, 2.24) is 10.9 Å². The van der Waals surface area contributed by atoms with Gasteiger partial charge in [0.15, 0.2) is 0 Å². The Morgan fingerprint density at radius 3 is 2.84 bits per heavy atom. The van der Waals surface area contributed by atoms with Crippen molar-refractivity contribution in [3.8, 4) is 0 Å². The van der Waals surface area contributed by atoms with Crippen molar-refractivity contribution < 1.29 is 4.79 Å². The van der Waals surface area contributed by atoms with Gasteiger partial charge in [0.2, 0.25) is 0 Å². The molecule has 1 aliphatic rings. The molecule has 0 saturated carbocycles. The van der Waals surface area contributed by atoms with Crippen molar-refractivity contribution in [2.24, 2.45) is 16.1 Å². The maximum atomic E-state index is 11.0. The second-order valence-corrected chi connectivity index (χ2v) is 5.50. The Hall–Kier alpha value is -1.72. The Labute approximate surface area is 113 Å². The zero-order valence-electron chi connectivity index (χ0n) is 11.3. The van der Waals surface area contributed by atoms with Crippen LogP contribution in [0, 0.1) is 5.41 Å². The van der Waals surface area contributed by atoms with Crippen LogP contribution in [0.1, 0.15) is 31.0 Å². The van der Waals surface area contributed by atoms with Gasteiger partial charge in [-0.15, -0.1) is 0 Å². The van der Waals surface area contributed by atoms with Crippen LogP contribution in [0.3, 0.4) is 0 Å². The third-order valence-corrected chi connectivity index (χ3v) is 3.25. The molecular formula is C14H20N4O. The summed E-state index contributed by atoms with van der Waals surface area (Å²) >= 11 is 0. The minimum atomic E-state index is -0.335. The fraction of sp³-hybridized carbons (Fsp3) is 0.429. The highest BCUT2D eigenvalue weighted by Crippen LogP contribution is 2.21. The SMILES string of the molecule is CC(C)(CN)CN=C1NNC(C=O)c2ccccc21. The first kappa shape index (κ1) is 13.7. The first-order chi connectivity index (χ1) is 9.07. The van der Waals surface area contributed by atoms with E-state index in [0.717, 1.165) is 23.2 Å². The van der Waals surface area contributed by atoms with Gasteiger partial charge >= 0.3 is 0 Å². The molecule has 1 heterocycles. The Balaban J connectivity index is 2.29. The summed E-state index contributed by atoms with van der Waals surface area (Å²) in [6.45, 7) is 5.37. The Bertz CT molecular complexity index is 496. The summed E-state index contributed by atoms with van der Waals surface area (Å²) in [5.74, 6) is 0.759. The van der Waals surface area contributed by atoms with Crippen LogP contribution in [-0.4, -0.2) is 25.2 Å². The highest BCUT2D eigenvalue weighted by Gasteiger charge is 2.23. The molecule has 4 N–H and O–H groups in total. The minimum absolute atomic E-state index is 0.0366. The van der Waals surface area contributed by atoms with Crippen molar-refractivity contribution in [3.05, 3.63) is 35.4 Å². The Morgan fingerprint density at radius 2 is 2.16 bits per heavy atom. The number of hydrazine groups is 1. The van der Waals surface area contributed by atoms with Gasteiger partial charge in [-0.1, -0.05) is 38.1 Å². The molecule has 102 valence electrons. The van der Waals surface area contributed by atoms with Crippen molar-refractivity contribution in [3.63, 3.8) is 0 Å². The maximum absolute atomic E-state index is 11.0. The van der Waals surface area contributed by atoms with Crippen LogP contribution >= 0.6 is 0 Å². The quantitative estimate of drug-likeness (QED) is 0.699. The summed E-state index contributed by atoms with van der Waals surface area (Å²) in [4.78, 5) is 15.6. The summed E-state index contributed by atoms with van der Waals surface area (Å²) in [6, 6.07) is 7.43. The van der Waals surface area contributed by atoms with Gasteiger partial charge in [0.1, 0.15) is 18.2 Å². The van der Waals surface area contributed by atoms with E-state index < -0.39 is 0 Å². The molecule has 0 aromatic heterocycles. The van der Waals surface area contributed by atoms with Crippen molar-refractivity contribution >= 4 is 12.1 Å². The van der Waals surface area contributed by atoms with E-state index in [9.17, 15) is 4.79 Å². The summed E-state index contributed by atoms with van der Waals surface area (Å²) < 4.78 is 0. The highest BCUT2D eigenvalue weighted by atomic mass is 16.1. The number of aldehydes is 1. The minimum Gasteiger partial charge on any atom is -0.330 e. The first-order valence-corrected chi connectivity index (χ1v) is 6.38. The Kier molecular flexibility index (Phi) is 3.97. The molecule has 2 rings (SSSR count). The predicted molar refractivity (Wildman–Crippen MR) is 75.8 cm³/mol. The van der Waals surface area contributed by atoms with Crippen LogP contribution in [0.2, 0.25) is 0 Å². The summed E-state index contributed by atoms with van der Waals surface area (Å²) in [6.07, 6.45) is 0.881. The lowest BCUT2D eigenvalue weighted by atomic mass is 9.94. The second kappa shape index (κ2) is 5.50. The lowest BCUT2D eigenvalue weighted by Crippen LogP contribution is -2.46. The molecule has 0 bridgehead atoms. The van der Waals surface area contributed by atoms with E-state index in [4.69, 9.17) is 5.73 Å². The van der Waals surface area contributed by atoms with E-state index in [1.54, 1.807) is 0 Å². The number of benzene rings is 1. The number of rotatable bonds is 4. The molecule has 0 fully saturated rings. The monoisotopic (exact) mass is 260 g/mol. The van der Waals surface area contributed by atoms with E-state index >= 15 is 0 Å². The molecule has 1 unspecified atom stereocenters. The number of carbonyl (C=O) groups excluding carboxylic acids is 1. The molecule has 0 amide bonds. The van der Waals surface area contributed by atoms with Crippen LogP contribution < -0.4 is 16.6 Å². The molecule has 19 heavy (non-hydrogen) atoms. The van der Waals surface area contributed by atoms with Crippen molar-refractivity contribution in [2.45, 2.75) is 19.9 Å². The number of amidine groups is 1. The van der Waals surface area contributed by atoms with Gasteiger partial charge in [0.25, 0.3) is 0 Å². The van der Waals surface area contributed by atoms with Crippen LogP contribution in [0.4, 0.5) is 0 Å². The molecule has 1 atom stereocenters. The molecule has 1 aromatic carbocycles. The number of carbonyl (C=O) groups is 1. The van der Waals surface area contributed by atoms with Gasteiger partial charge in [-0.25, -0.2) is 5.43 Å². The number of nitrogens with one attached hydrogen (secondary N) is 2.